The average Bonchev–Trinajstić information content (AvgIpc) is 2.78. The molecule has 114 valence electrons. The van der Waals surface area contributed by atoms with Gasteiger partial charge in [-0.2, -0.15) is 0 Å². The Morgan fingerprint density at radius 3 is 2.52 bits per heavy atom. The molecule has 2 aromatic heterocycles. The first kappa shape index (κ1) is 14.4. The lowest BCUT2D eigenvalue weighted by molar-refractivity contribution is 0.216. The Morgan fingerprint density at radius 2 is 1.86 bits per heavy atom. The second-order valence-electron chi connectivity index (χ2n) is 7.18. The molecule has 0 unspecified atom stereocenters. The number of nitrogen functional groups attached to an aromatic ring is 1. The topological polar surface area (TPSA) is 46.6 Å². The summed E-state index contributed by atoms with van der Waals surface area (Å²) >= 11 is 0. The van der Waals surface area contributed by atoms with E-state index >= 15 is 0 Å². The highest BCUT2D eigenvalue weighted by molar-refractivity contribution is 5.51. The number of piperidine rings is 1. The van der Waals surface area contributed by atoms with E-state index in [1.54, 1.807) is 0 Å². The normalized spacial score (nSPS) is 17.5. The van der Waals surface area contributed by atoms with Crippen molar-refractivity contribution in [2.24, 2.45) is 0 Å². The molecule has 3 heterocycles. The fourth-order valence-electron chi connectivity index (χ4n) is 3.19. The van der Waals surface area contributed by atoms with Gasteiger partial charge in [-0.05, 0) is 38.1 Å². The number of rotatable bonds is 2. The molecule has 1 aliphatic heterocycles. The van der Waals surface area contributed by atoms with E-state index in [4.69, 9.17) is 10.7 Å². The quantitative estimate of drug-likeness (QED) is 0.922. The maximum Gasteiger partial charge on any atom is 0.137 e. The van der Waals surface area contributed by atoms with E-state index in [1.807, 2.05) is 18.3 Å². The number of nitrogens with zero attached hydrogens (tertiary/aromatic N) is 3. The van der Waals surface area contributed by atoms with Crippen molar-refractivity contribution >= 4 is 11.3 Å². The van der Waals surface area contributed by atoms with E-state index in [2.05, 4.69) is 30.1 Å². The number of hydrogen-bond acceptors (Lipinski definition) is 3. The van der Waals surface area contributed by atoms with Gasteiger partial charge in [0.15, 0.2) is 0 Å². The second kappa shape index (κ2) is 5.34. The smallest absolute Gasteiger partial charge is 0.137 e. The van der Waals surface area contributed by atoms with Crippen molar-refractivity contribution in [3.63, 3.8) is 0 Å². The summed E-state index contributed by atoms with van der Waals surface area (Å²) in [6.45, 7) is 10.1. The van der Waals surface area contributed by atoms with Gasteiger partial charge >= 0.3 is 0 Å². The Balaban J connectivity index is 2.05. The molecular formula is C17H26N4. The number of aromatic nitrogens is 2. The fraction of sp³-hybridized carbons (Fsp3) is 0.588. The van der Waals surface area contributed by atoms with Crippen LogP contribution in [0, 0.1) is 0 Å². The summed E-state index contributed by atoms with van der Waals surface area (Å²) in [6.07, 6.45) is 5.99. The van der Waals surface area contributed by atoms with Crippen LogP contribution in [0.25, 0.3) is 5.65 Å². The van der Waals surface area contributed by atoms with Crippen molar-refractivity contribution in [3.05, 3.63) is 29.7 Å². The predicted octanol–water partition coefficient (Wildman–Crippen LogP) is 3.20. The van der Waals surface area contributed by atoms with Gasteiger partial charge in [0.1, 0.15) is 5.65 Å². The van der Waals surface area contributed by atoms with Gasteiger partial charge in [-0.1, -0.05) is 27.2 Å². The zero-order valence-corrected chi connectivity index (χ0v) is 13.4. The lowest BCUT2D eigenvalue weighted by Crippen LogP contribution is -2.31. The molecule has 0 aliphatic carbocycles. The molecule has 4 heteroatoms. The lowest BCUT2D eigenvalue weighted by atomic mass is 9.90. The summed E-state index contributed by atoms with van der Waals surface area (Å²) in [7, 11) is 0. The monoisotopic (exact) mass is 286 g/mol. The van der Waals surface area contributed by atoms with Crippen LogP contribution < -0.4 is 5.73 Å². The van der Waals surface area contributed by atoms with Crippen molar-refractivity contribution in [2.75, 3.05) is 18.8 Å². The van der Waals surface area contributed by atoms with Gasteiger partial charge in [0, 0.05) is 23.8 Å². The van der Waals surface area contributed by atoms with Gasteiger partial charge in [-0.15, -0.1) is 0 Å². The molecule has 0 atom stereocenters. The molecule has 0 saturated carbocycles. The molecule has 2 aromatic rings. The summed E-state index contributed by atoms with van der Waals surface area (Å²) in [5.41, 5.74) is 10.3. The second-order valence-corrected chi connectivity index (χ2v) is 7.18. The van der Waals surface area contributed by atoms with E-state index in [-0.39, 0.29) is 5.41 Å². The highest BCUT2D eigenvalue weighted by atomic mass is 15.2. The maximum atomic E-state index is 5.98. The molecule has 0 radical (unpaired) electrons. The molecule has 1 aliphatic rings. The largest absolute Gasteiger partial charge is 0.398 e. The predicted molar refractivity (Wildman–Crippen MR) is 87.4 cm³/mol. The summed E-state index contributed by atoms with van der Waals surface area (Å²) in [6, 6.07) is 3.95. The zero-order chi connectivity index (χ0) is 15.0. The van der Waals surface area contributed by atoms with Crippen LogP contribution in [-0.4, -0.2) is 27.4 Å². The third kappa shape index (κ3) is 2.91. The number of imidazole rings is 1. The summed E-state index contributed by atoms with van der Waals surface area (Å²) in [5.74, 6) is 0. The van der Waals surface area contributed by atoms with Crippen LogP contribution in [0.5, 0.6) is 0 Å². The van der Waals surface area contributed by atoms with Gasteiger partial charge in [-0.25, -0.2) is 4.98 Å². The third-order valence-corrected chi connectivity index (χ3v) is 4.27. The highest BCUT2D eigenvalue weighted by Gasteiger charge is 2.25. The molecule has 4 nitrogen and oxygen atoms in total. The van der Waals surface area contributed by atoms with Crippen LogP contribution in [0.1, 0.15) is 51.4 Å². The van der Waals surface area contributed by atoms with Gasteiger partial charge in [0.05, 0.1) is 11.4 Å². The molecule has 0 bridgehead atoms. The van der Waals surface area contributed by atoms with E-state index in [9.17, 15) is 0 Å². The summed E-state index contributed by atoms with van der Waals surface area (Å²) in [4.78, 5) is 7.42. The molecule has 21 heavy (non-hydrogen) atoms. The average molecular weight is 286 g/mol. The third-order valence-electron chi connectivity index (χ3n) is 4.27. The maximum absolute atomic E-state index is 5.98. The Kier molecular flexibility index (Phi) is 3.66. The Morgan fingerprint density at radius 1 is 1.14 bits per heavy atom. The number of pyridine rings is 1. The van der Waals surface area contributed by atoms with Crippen molar-refractivity contribution in [2.45, 2.75) is 52.0 Å². The molecule has 0 amide bonds. The number of hydrogen-bond donors (Lipinski definition) is 1. The molecule has 0 spiro atoms. The first-order valence-corrected chi connectivity index (χ1v) is 7.94. The van der Waals surface area contributed by atoms with Crippen LogP contribution in [0.2, 0.25) is 0 Å². The first-order chi connectivity index (χ1) is 9.95. The molecule has 1 fully saturated rings. The standard InChI is InChI=1S/C17H26N4/c1-17(2,3)16-14(12-20-9-5-4-6-10-20)21-11-13(18)7-8-15(21)19-16/h7-8,11H,4-6,9-10,12,18H2,1-3H3. The number of anilines is 1. The summed E-state index contributed by atoms with van der Waals surface area (Å²) < 4.78 is 2.19. The van der Waals surface area contributed by atoms with Crippen LogP contribution in [0.4, 0.5) is 5.69 Å². The van der Waals surface area contributed by atoms with Crippen LogP contribution >= 0.6 is 0 Å². The highest BCUT2D eigenvalue weighted by Crippen LogP contribution is 2.28. The first-order valence-electron chi connectivity index (χ1n) is 7.94. The SMILES string of the molecule is CC(C)(C)c1nc2ccc(N)cn2c1CN1CCCCC1. The number of fused-ring (bicyclic) bond motifs is 1. The van der Waals surface area contributed by atoms with Crippen molar-refractivity contribution < 1.29 is 0 Å². The minimum Gasteiger partial charge on any atom is -0.398 e. The van der Waals surface area contributed by atoms with Crippen molar-refractivity contribution in [1.82, 2.24) is 14.3 Å². The minimum absolute atomic E-state index is 0.0475. The van der Waals surface area contributed by atoms with Gasteiger partial charge in [-0.3, -0.25) is 4.90 Å². The molecular weight excluding hydrogens is 260 g/mol. The molecule has 1 saturated heterocycles. The van der Waals surface area contributed by atoms with Gasteiger partial charge < -0.3 is 10.1 Å². The van der Waals surface area contributed by atoms with E-state index < -0.39 is 0 Å². The molecule has 0 aromatic carbocycles. The van der Waals surface area contributed by atoms with E-state index in [1.165, 1.54) is 43.7 Å². The number of nitrogens with two attached hydrogens (primary N) is 1. The fourth-order valence-corrected chi connectivity index (χ4v) is 3.19. The minimum atomic E-state index is 0.0475. The Labute approximate surface area is 127 Å². The van der Waals surface area contributed by atoms with E-state index in [0.29, 0.717) is 0 Å². The Hall–Kier alpha value is -1.55. The summed E-state index contributed by atoms with van der Waals surface area (Å²) in [5, 5.41) is 0. The van der Waals surface area contributed by atoms with Crippen LogP contribution in [0.3, 0.4) is 0 Å². The molecule has 3 rings (SSSR count). The van der Waals surface area contributed by atoms with Crippen molar-refractivity contribution in [1.29, 1.82) is 0 Å². The van der Waals surface area contributed by atoms with E-state index in [0.717, 1.165) is 17.9 Å². The Bertz CT molecular complexity index is 630. The van der Waals surface area contributed by atoms with Gasteiger partial charge in [0.2, 0.25) is 0 Å². The number of likely N-dealkylation sites (tertiary alicyclic amines) is 1. The van der Waals surface area contributed by atoms with Crippen molar-refractivity contribution in [3.8, 4) is 0 Å². The lowest BCUT2D eigenvalue weighted by Gasteiger charge is -2.28. The van der Waals surface area contributed by atoms with Crippen LogP contribution in [-0.2, 0) is 12.0 Å². The molecule has 2 N–H and O–H groups in total. The zero-order valence-electron chi connectivity index (χ0n) is 13.4. The van der Waals surface area contributed by atoms with Crippen LogP contribution in [0.15, 0.2) is 18.3 Å². The van der Waals surface area contributed by atoms with Gasteiger partial charge in [0.25, 0.3) is 0 Å².